The van der Waals surface area contributed by atoms with Gasteiger partial charge in [0.15, 0.2) is 5.96 Å². The van der Waals surface area contributed by atoms with Crippen molar-refractivity contribution < 1.29 is 0 Å². The normalized spacial score (nSPS) is 11.8. The Labute approximate surface area is 177 Å². The summed E-state index contributed by atoms with van der Waals surface area (Å²) in [5.74, 6) is 2.29. The molecule has 0 aliphatic rings. The third kappa shape index (κ3) is 6.15. The zero-order chi connectivity index (χ0) is 20.6. The van der Waals surface area contributed by atoms with E-state index in [0.29, 0.717) is 19.0 Å². The molecule has 6 nitrogen and oxygen atoms in total. The molecule has 0 atom stereocenters. The summed E-state index contributed by atoms with van der Waals surface area (Å²) in [6.07, 6.45) is 3.85. The molecule has 29 heavy (non-hydrogen) atoms. The van der Waals surface area contributed by atoms with Crippen LogP contribution in [0.15, 0.2) is 47.0 Å². The first kappa shape index (κ1) is 21.0. The quantitative estimate of drug-likeness (QED) is 0.434. The smallest absolute Gasteiger partial charge is 0.191 e. The number of imidazole rings is 1. The number of aliphatic imine (C=N–C) groups is 1. The highest BCUT2D eigenvalue weighted by Gasteiger charge is 2.06. The van der Waals surface area contributed by atoms with Crippen molar-refractivity contribution in [2.45, 2.75) is 53.2 Å². The molecular formula is C22H30N6S. The molecule has 0 fully saturated rings. The maximum Gasteiger partial charge on any atom is 0.191 e. The predicted octanol–water partition coefficient (Wildman–Crippen LogP) is 4.08. The summed E-state index contributed by atoms with van der Waals surface area (Å²) in [4.78, 5) is 13.7. The lowest BCUT2D eigenvalue weighted by Gasteiger charge is -2.11. The van der Waals surface area contributed by atoms with Gasteiger partial charge in [0.05, 0.1) is 18.8 Å². The average molecular weight is 411 g/mol. The van der Waals surface area contributed by atoms with Crippen LogP contribution >= 0.6 is 11.3 Å². The first-order valence-electron chi connectivity index (χ1n) is 10.1. The summed E-state index contributed by atoms with van der Waals surface area (Å²) in [7, 11) is 0. The fourth-order valence-corrected chi connectivity index (χ4v) is 3.83. The van der Waals surface area contributed by atoms with E-state index in [2.05, 4.69) is 75.6 Å². The Balaban J connectivity index is 1.61. The van der Waals surface area contributed by atoms with Gasteiger partial charge in [0.1, 0.15) is 10.8 Å². The number of thiazole rings is 1. The lowest BCUT2D eigenvalue weighted by Crippen LogP contribution is -2.36. The molecule has 0 spiro atoms. The van der Waals surface area contributed by atoms with E-state index in [9.17, 15) is 0 Å². The maximum absolute atomic E-state index is 4.75. The van der Waals surface area contributed by atoms with Crippen molar-refractivity contribution in [2.75, 3.05) is 6.54 Å². The molecule has 0 unspecified atom stereocenters. The fraction of sp³-hybridized carbons (Fsp3) is 0.409. The van der Waals surface area contributed by atoms with Gasteiger partial charge in [-0.3, -0.25) is 0 Å². The molecule has 0 bridgehead atoms. The standard InChI is InChI=1S/C22H30N6S/c1-5-23-22(26-13-21-27-20(15-29-21)16(2)3)25-12-18-7-6-8-19(11-18)14-28-10-9-24-17(28)4/h6-11,15-16H,5,12-14H2,1-4H3,(H2,23,25,26). The van der Waals surface area contributed by atoms with Gasteiger partial charge in [-0.2, -0.15) is 0 Å². The van der Waals surface area contributed by atoms with Crippen LogP contribution in [0.4, 0.5) is 0 Å². The predicted molar refractivity (Wildman–Crippen MR) is 120 cm³/mol. The molecule has 0 aliphatic carbocycles. The van der Waals surface area contributed by atoms with E-state index in [1.165, 1.54) is 11.1 Å². The van der Waals surface area contributed by atoms with Crippen LogP contribution in [0.3, 0.4) is 0 Å². The fourth-order valence-electron chi connectivity index (χ4n) is 2.94. The summed E-state index contributed by atoms with van der Waals surface area (Å²) in [5, 5.41) is 9.93. The van der Waals surface area contributed by atoms with Crippen LogP contribution in [0.5, 0.6) is 0 Å². The van der Waals surface area contributed by atoms with E-state index in [-0.39, 0.29) is 0 Å². The second-order valence-electron chi connectivity index (χ2n) is 7.29. The lowest BCUT2D eigenvalue weighted by atomic mass is 10.1. The first-order valence-corrected chi connectivity index (χ1v) is 10.9. The van der Waals surface area contributed by atoms with Gasteiger partial charge in [-0.25, -0.2) is 15.0 Å². The van der Waals surface area contributed by atoms with Crippen molar-refractivity contribution in [1.82, 2.24) is 25.2 Å². The zero-order valence-corrected chi connectivity index (χ0v) is 18.5. The third-order valence-corrected chi connectivity index (χ3v) is 5.47. The zero-order valence-electron chi connectivity index (χ0n) is 17.6. The van der Waals surface area contributed by atoms with Crippen LogP contribution in [0.2, 0.25) is 0 Å². The van der Waals surface area contributed by atoms with Crippen LogP contribution in [-0.2, 0) is 19.6 Å². The van der Waals surface area contributed by atoms with Gasteiger partial charge in [0, 0.05) is 30.9 Å². The molecule has 3 aromatic rings. The van der Waals surface area contributed by atoms with Crippen LogP contribution in [0, 0.1) is 6.92 Å². The molecule has 0 radical (unpaired) electrons. The molecule has 154 valence electrons. The highest BCUT2D eigenvalue weighted by Crippen LogP contribution is 2.17. The molecule has 0 saturated heterocycles. The van der Waals surface area contributed by atoms with Crippen molar-refractivity contribution in [3.05, 3.63) is 69.7 Å². The van der Waals surface area contributed by atoms with E-state index in [1.54, 1.807) is 11.3 Å². The third-order valence-electron chi connectivity index (χ3n) is 4.60. The molecular weight excluding hydrogens is 380 g/mol. The largest absolute Gasteiger partial charge is 0.357 e. The molecule has 2 heterocycles. The number of rotatable bonds is 8. The maximum atomic E-state index is 4.75. The molecule has 0 saturated carbocycles. The highest BCUT2D eigenvalue weighted by molar-refractivity contribution is 7.09. The Hall–Kier alpha value is -2.67. The Morgan fingerprint density at radius 1 is 1.24 bits per heavy atom. The minimum atomic E-state index is 0.459. The van der Waals surface area contributed by atoms with Gasteiger partial charge in [-0.15, -0.1) is 11.3 Å². The van der Waals surface area contributed by atoms with Gasteiger partial charge in [-0.1, -0.05) is 38.1 Å². The number of benzene rings is 1. The molecule has 1 aromatic carbocycles. The van der Waals surface area contributed by atoms with Crippen LogP contribution in [0.1, 0.15) is 54.3 Å². The van der Waals surface area contributed by atoms with E-state index < -0.39 is 0 Å². The Bertz CT molecular complexity index is 940. The minimum absolute atomic E-state index is 0.459. The van der Waals surface area contributed by atoms with E-state index in [1.807, 2.05) is 19.3 Å². The molecule has 2 aromatic heterocycles. The van der Waals surface area contributed by atoms with E-state index >= 15 is 0 Å². The summed E-state index contributed by atoms with van der Waals surface area (Å²) < 4.78 is 2.15. The van der Waals surface area contributed by atoms with E-state index in [0.717, 1.165) is 35.6 Å². The van der Waals surface area contributed by atoms with Crippen molar-refractivity contribution in [3.63, 3.8) is 0 Å². The molecule has 7 heteroatoms. The Kier molecular flexibility index (Phi) is 7.41. The van der Waals surface area contributed by atoms with Crippen molar-refractivity contribution in [3.8, 4) is 0 Å². The topological polar surface area (TPSA) is 67.1 Å². The Morgan fingerprint density at radius 2 is 2.07 bits per heavy atom. The van der Waals surface area contributed by atoms with Crippen LogP contribution in [-0.4, -0.2) is 27.0 Å². The summed E-state index contributed by atoms with van der Waals surface area (Å²) in [6, 6.07) is 8.57. The summed E-state index contributed by atoms with van der Waals surface area (Å²) in [6.45, 7) is 11.4. The lowest BCUT2D eigenvalue weighted by molar-refractivity contribution is 0.759. The number of hydrogen-bond acceptors (Lipinski definition) is 4. The minimum Gasteiger partial charge on any atom is -0.357 e. The second-order valence-corrected chi connectivity index (χ2v) is 8.23. The molecule has 3 rings (SSSR count). The van der Waals surface area contributed by atoms with Crippen molar-refractivity contribution >= 4 is 17.3 Å². The van der Waals surface area contributed by atoms with Crippen molar-refractivity contribution in [2.24, 2.45) is 4.99 Å². The summed E-state index contributed by atoms with van der Waals surface area (Å²) >= 11 is 1.69. The number of hydrogen-bond donors (Lipinski definition) is 2. The monoisotopic (exact) mass is 410 g/mol. The Morgan fingerprint density at radius 3 is 2.76 bits per heavy atom. The van der Waals surface area contributed by atoms with Crippen LogP contribution < -0.4 is 10.6 Å². The SMILES string of the molecule is CCNC(=NCc1cccc(Cn2ccnc2C)c1)NCc1nc(C(C)C)cs1. The number of nitrogens with one attached hydrogen (secondary N) is 2. The highest BCUT2D eigenvalue weighted by atomic mass is 32.1. The van der Waals surface area contributed by atoms with Gasteiger partial charge in [0.2, 0.25) is 0 Å². The van der Waals surface area contributed by atoms with E-state index in [4.69, 9.17) is 4.99 Å². The summed E-state index contributed by atoms with van der Waals surface area (Å²) in [5.41, 5.74) is 3.59. The number of nitrogens with zero attached hydrogens (tertiary/aromatic N) is 4. The number of guanidine groups is 1. The van der Waals surface area contributed by atoms with Gasteiger partial charge >= 0.3 is 0 Å². The van der Waals surface area contributed by atoms with Gasteiger partial charge in [0.25, 0.3) is 0 Å². The number of aromatic nitrogens is 3. The molecule has 2 N–H and O–H groups in total. The number of aryl methyl sites for hydroxylation is 1. The second kappa shape index (κ2) is 10.2. The van der Waals surface area contributed by atoms with Crippen LogP contribution in [0.25, 0.3) is 0 Å². The molecule has 0 aliphatic heterocycles. The first-order chi connectivity index (χ1) is 14.0. The van der Waals surface area contributed by atoms with Gasteiger partial charge < -0.3 is 15.2 Å². The molecule has 0 amide bonds. The van der Waals surface area contributed by atoms with Crippen molar-refractivity contribution in [1.29, 1.82) is 0 Å². The van der Waals surface area contributed by atoms with Gasteiger partial charge in [-0.05, 0) is 30.9 Å². The average Bonchev–Trinajstić information content (AvgIpc) is 3.34.